The summed E-state index contributed by atoms with van der Waals surface area (Å²) in [5.41, 5.74) is 2.19. The lowest BCUT2D eigenvalue weighted by atomic mass is 10.1. The van der Waals surface area contributed by atoms with Gasteiger partial charge in [0.1, 0.15) is 0 Å². The molecule has 0 unspecified atom stereocenters. The monoisotopic (exact) mass is 235 g/mol. The minimum absolute atomic E-state index is 0. The lowest BCUT2D eigenvalue weighted by Gasteiger charge is -1.99. The van der Waals surface area contributed by atoms with Gasteiger partial charge in [0, 0.05) is 11.8 Å². The van der Waals surface area contributed by atoms with Gasteiger partial charge in [0.25, 0.3) is 0 Å². The number of aliphatic imine (C=N–C) groups is 1. The number of para-hydroxylation sites is 1. The Labute approximate surface area is 88.3 Å². The summed E-state index contributed by atoms with van der Waals surface area (Å²) in [5.74, 6) is 0. The Morgan fingerprint density at radius 3 is 2.69 bits per heavy atom. The van der Waals surface area contributed by atoms with Crippen molar-refractivity contribution in [3.63, 3.8) is 0 Å². The zero-order chi connectivity index (χ0) is 8.23. The second-order valence-electron chi connectivity index (χ2n) is 2.58. The van der Waals surface area contributed by atoms with Crippen LogP contribution in [-0.4, -0.2) is 6.21 Å². The summed E-state index contributed by atoms with van der Waals surface area (Å²) in [7, 11) is 0. The highest BCUT2D eigenvalue weighted by Gasteiger charge is 1.94. The fourth-order valence-corrected chi connectivity index (χ4v) is 1.14. The maximum absolute atomic E-state index is 4.28. The van der Waals surface area contributed by atoms with E-state index in [1.54, 1.807) is 0 Å². The average molecular weight is 236 g/mol. The molecule has 13 heavy (non-hydrogen) atoms. The van der Waals surface area contributed by atoms with Crippen LogP contribution in [0, 0.1) is 0 Å². The van der Waals surface area contributed by atoms with Crippen LogP contribution >= 0.6 is 17.0 Å². The number of rotatable bonds is 0. The van der Waals surface area contributed by atoms with Crippen LogP contribution in [0.3, 0.4) is 0 Å². The average Bonchev–Trinajstić information content (AvgIpc) is 2.06. The Morgan fingerprint density at radius 1 is 0.923 bits per heavy atom. The van der Waals surface area contributed by atoms with Gasteiger partial charge in [0.2, 0.25) is 0 Å². The molecule has 1 aliphatic heterocycles. The number of allylic oxidation sites excluding steroid dienone is 3. The SMILES string of the molecule is Br.C1=Nc2ccccc2/C=C\C=C/1. The first-order valence-corrected chi connectivity index (χ1v) is 3.93. The van der Waals surface area contributed by atoms with E-state index in [9.17, 15) is 0 Å². The highest BCUT2D eigenvalue weighted by Crippen LogP contribution is 2.20. The topological polar surface area (TPSA) is 12.4 Å². The molecule has 0 atom stereocenters. The lowest BCUT2D eigenvalue weighted by molar-refractivity contribution is 1.51. The molecule has 66 valence electrons. The highest BCUT2D eigenvalue weighted by molar-refractivity contribution is 8.93. The number of hydrogen-bond acceptors (Lipinski definition) is 1. The van der Waals surface area contributed by atoms with Crippen molar-refractivity contribution in [2.75, 3.05) is 0 Å². The first-order valence-electron chi connectivity index (χ1n) is 3.93. The van der Waals surface area contributed by atoms with Crippen LogP contribution in [0.5, 0.6) is 0 Å². The van der Waals surface area contributed by atoms with E-state index in [4.69, 9.17) is 0 Å². The van der Waals surface area contributed by atoms with Crippen LogP contribution < -0.4 is 0 Å². The van der Waals surface area contributed by atoms with Crippen molar-refractivity contribution in [1.82, 2.24) is 0 Å². The van der Waals surface area contributed by atoms with Crippen molar-refractivity contribution < 1.29 is 0 Å². The molecule has 0 bridgehead atoms. The second-order valence-corrected chi connectivity index (χ2v) is 2.58. The molecule has 0 fully saturated rings. The van der Waals surface area contributed by atoms with Crippen LogP contribution in [0.15, 0.2) is 47.5 Å². The van der Waals surface area contributed by atoms with Crippen molar-refractivity contribution in [2.45, 2.75) is 0 Å². The summed E-state index contributed by atoms with van der Waals surface area (Å²) in [6.07, 6.45) is 9.78. The molecule has 0 aromatic heterocycles. The summed E-state index contributed by atoms with van der Waals surface area (Å²) >= 11 is 0. The number of hydrogen-bond donors (Lipinski definition) is 0. The Bertz CT molecular complexity index is 329. The maximum atomic E-state index is 4.28. The van der Waals surface area contributed by atoms with E-state index in [2.05, 4.69) is 17.1 Å². The van der Waals surface area contributed by atoms with E-state index in [0.717, 1.165) is 11.3 Å². The smallest absolute Gasteiger partial charge is 0.0701 e. The quantitative estimate of drug-likeness (QED) is 0.653. The fourth-order valence-electron chi connectivity index (χ4n) is 1.14. The molecule has 2 heteroatoms. The predicted octanol–water partition coefficient (Wildman–Crippen LogP) is 3.55. The molecular weight excluding hydrogens is 226 g/mol. The Balaban J connectivity index is 0.000000845. The molecule has 0 amide bonds. The van der Waals surface area contributed by atoms with E-state index in [-0.39, 0.29) is 17.0 Å². The van der Waals surface area contributed by atoms with E-state index in [1.165, 1.54) is 0 Å². The fraction of sp³-hybridized carbons (Fsp3) is 0. The first kappa shape index (κ1) is 9.93. The zero-order valence-electron chi connectivity index (χ0n) is 7.05. The number of fused-ring (bicyclic) bond motifs is 1. The van der Waals surface area contributed by atoms with E-state index < -0.39 is 0 Å². The molecule has 1 heterocycles. The molecule has 1 aromatic carbocycles. The standard InChI is InChI=1S/C11H9N.BrH/c1-2-6-10-7-3-4-8-11(10)12-9-5-1;/h1-9H;1H/b2-1?,5-1-,6-2-,9-5?,10-6?,12-9?,12-11?;. The molecule has 1 nitrogen and oxygen atoms in total. The van der Waals surface area contributed by atoms with E-state index in [1.807, 2.05) is 42.6 Å². The van der Waals surface area contributed by atoms with Crippen LogP contribution in [0.1, 0.15) is 5.56 Å². The third kappa shape index (κ3) is 2.39. The van der Waals surface area contributed by atoms with Gasteiger partial charge >= 0.3 is 0 Å². The summed E-state index contributed by atoms with van der Waals surface area (Å²) in [5, 5.41) is 0. The number of benzene rings is 1. The van der Waals surface area contributed by atoms with Gasteiger partial charge < -0.3 is 0 Å². The summed E-state index contributed by atoms with van der Waals surface area (Å²) < 4.78 is 0. The zero-order valence-corrected chi connectivity index (χ0v) is 8.76. The van der Waals surface area contributed by atoms with Crippen molar-refractivity contribution >= 4 is 35.0 Å². The van der Waals surface area contributed by atoms with Crippen LogP contribution in [0.25, 0.3) is 6.08 Å². The van der Waals surface area contributed by atoms with Gasteiger partial charge in [-0.15, -0.1) is 17.0 Å². The first-order chi connectivity index (χ1) is 5.97. The van der Waals surface area contributed by atoms with Crippen molar-refractivity contribution in [3.05, 3.63) is 48.1 Å². The predicted molar refractivity (Wildman–Crippen MR) is 63.1 cm³/mol. The molecule has 1 aromatic rings. The van der Waals surface area contributed by atoms with E-state index >= 15 is 0 Å². The minimum Gasteiger partial charge on any atom is -0.256 e. The molecule has 1 aliphatic rings. The summed E-state index contributed by atoms with van der Waals surface area (Å²) in [6, 6.07) is 8.08. The van der Waals surface area contributed by atoms with Gasteiger partial charge in [0.15, 0.2) is 0 Å². The third-order valence-corrected chi connectivity index (χ3v) is 1.73. The van der Waals surface area contributed by atoms with Crippen molar-refractivity contribution in [2.24, 2.45) is 4.99 Å². The Morgan fingerprint density at radius 2 is 1.77 bits per heavy atom. The molecular formula is C11H10BrN. The Kier molecular flexibility index (Phi) is 3.65. The molecule has 2 rings (SSSR count). The molecule has 0 saturated heterocycles. The van der Waals surface area contributed by atoms with Gasteiger partial charge in [0.05, 0.1) is 5.69 Å². The number of halogens is 1. The maximum Gasteiger partial charge on any atom is 0.0701 e. The normalized spacial score (nSPS) is 17.5. The van der Waals surface area contributed by atoms with Gasteiger partial charge in [-0.2, -0.15) is 0 Å². The Hall–Kier alpha value is -1.15. The highest BCUT2D eigenvalue weighted by atomic mass is 79.9. The third-order valence-electron chi connectivity index (χ3n) is 1.73. The second kappa shape index (κ2) is 4.77. The number of nitrogens with zero attached hydrogens (tertiary/aromatic N) is 1. The van der Waals surface area contributed by atoms with Crippen molar-refractivity contribution in [1.29, 1.82) is 0 Å². The van der Waals surface area contributed by atoms with Crippen LogP contribution in [0.4, 0.5) is 5.69 Å². The lowest BCUT2D eigenvalue weighted by Crippen LogP contribution is -1.76. The summed E-state index contributed by atoms with van der Waals surface area (Å²) in [4.78, 5) is 4.28. The van der Waals surface area contributed by atoms with Gasteiger partial charge in [-0.3, -0.25) is 4.99 Å². The molecule has 0 radical (unpaired) electrons. The minimum atomic E-state index is 0. The van der Waals surface area contributed by atoms with Gasteiger partial charge in [-0.1, -0.05) is 36.4 Å². The molecule has 0 spiro atoms. The van der Waals surface area contributed by atoms with Gasteiger partial charge in [-0.25, -0.2) is 0 Å². The molecule has 0 aliphatic carbocycles. The molecule has 0 saturated carbocycles. The largest absolute Gasteiger partial charge is 0.256 e. The van der Waals surface area contributed by atoms with Crippen LogP contribution in [0.2, 0.25) is 0 Å². The summed E-state index contributed by atoms with van der Waals surface area (Å²) in [6.45, 7) is 0. The molecule has 0 N–H and O–H groups in total. The van der Waals surface area contributed by atoms with Crippen LogP contribution in [-0.2, 0) is 0 Å². The van der Waals surface area contributed by atoms with Crippen molar-refractivity contribution in [3.8, 4) is 0 Å². The van der Waals surface area contributed by atoms with E-state index in [0.29, 0.717) is 0 Å². The van der Waals surface area contributed by atoms with Gasteiger partial charge in [-0.05, 0) is 12.1 Å².